The molecule has 7 heteroatoms. The summed E-state index contributed by atoms with van der Waals surface area (Å²) in [5.74, 6) is 0. The number of sulfonamides is 1. The van der Waals surface area contributed by atoms with E-state index < -0.39 is 10.0 Å². The van der Waals surface area contributed by atoms with Crippen LogP contribution in [0.4, 0.5) is 11.4 Å². The zero-order valence-electron chi connectivity index (χ0n) is 8.93. The van der Waals surface area contributed by atoms with Crippen LogP contribution >= 0.6 is 0 Å². The third-order valence-electron chi connectivity index (χ3n) is 1.95. The molecule has 1 rings (SSSR count). The molecule has 1 aromatic rings. The Bertz CT molecular complexity index is 459. The minimum absolute atomic E-state index is 0.0650. The van der Waals surface area contributed by atoms with Crippen LogP contribution in [0, 0.1) is 0 Å². The first-order valence-electron chi connectivity index (χ1n) is 4.60. The third-order valence-corrected chi connectivity index (χ3v) is 2.94. The van der Waals surface area contributed by atoms with Crippen molar-refractivity contribution in [1.29, 1.82) is 0 Å². The minimum Gasteiger partial charge on any atom is -0.398 e. The van der Waals surface area contributed by atoms with Gasteiger partial charge in [-0.25, -0.2) is 13.6 Å². The monoisotopic (exact) mass is 245 g/mol. The predicted octanol–water partition coefficient (Wildman–Crippen LogP) is -0.0255. The summed E-state index contributed by atoms with van der Waals surface area (Å²) in [7, 11) is -2.16. The molecule has 0 spiro atoms. The van der Waals surface area contributed by atoms with E-state index in [1.165, 1.54) is 12.1 Å². The SMILES string of the molecule is COCCNc1ccc(S(N)(=O)=O)c(N)c1. The van der Waals surface area contributed by atoms with Crippen LogP contribution in [0.15, 0.2) is 23.1 Å². The number of hydrogen-bond acceptors (Lipinski definition) is 5. The lowest BCUT2D eigenvalue weighted by Gasteiger charge is -2.08. The molecular formula is C9H15N3O3S. The predicted molar refractivity (Wildman–Crippen MR) is 62.6 cm³/mol. The molecule has 0 aromatic heterocycles. The second-order valence-corrected chi connectivity index (χ2v) is 4.75. The van der Waals surface area contributed by atoms with Crippen LogP contribution in [-0.2, 0) is 14.8 Å². The Labute approximate surface area is 94.6 Å². The summed E-state index contributed by atoms with van der Waals surface area (Å²) in [5, 5.41) is 8.01. The number of nitrogens with one attached hydrogen (secondary N) is 1. The van der Waals surface area contributed by atoms with Crippen molar-refractivity contribution in [2.24, 2.45) is 5.14 Å². The highest BCUT2D eigenvalue weighted by Crippen LogP contribution is 2.20. The number of nitrogens with two attached hydrogens (primary N) is 2. The molecule has 0 saturated heterocycles. The lowest BCUT2D eigenvalue weighted by Crippen LogP contribution is -2.15. The molecular weight excluding hydrogens is 230 g/mol. The first-order chi connectivity index (χ1) is 7.45. The third kappa shape index (κ3) is 3.37. The molecule has 0 amide bonds. The molecule has 0 atom stereocenters. The number of benzene rings is 1. The highest BCUT2D eigenvalue weighted by Gasteiger charge is 2.11. The summed E-state index contributed by atoms with van der Waals surface area (Å²) in [4.78, 5) is -0.0650. The number of primary sulfonamides is 1. The number of nitrogen functional groups attached to an aromatic ring is 1. The van der Waals surface area contributed by atoms with Gasteiger partial charge < -0.3 is 15.8 Å². The van der Waals surface area contributed by atoms with E-state index in [9.17, 15) is 8.42 Å². The smallest absolute Gasteiger partial charge is 0.240 e. The number of rotatable bonds is 5. The second-order valence-electron chi connectivity index (χ2n) is 3.22. The molecule has 0 unspecified atom stereocenters. The fourth-order valence-corrected chi connectivity index (χ4v) is 1.86. The summed E-state index contributed by atoms with van der Waals surface area (Å²) < 4.78 is 27.0. The van der Waals surface area contributed by atoms with Crippen LogP contribution in [0.5, 0.6) is 0 Å². The zero-order chi connectivity index (χ0) is 12.2. The molecule has 16 heavy (non-hydrogen) atoms. The molecule has 5 N–H and O–H groups in total. The van der Waals surface area contributed by atoms with E-state index in [4.69, 9.17) is 15.6 Å². The van der Waals surface area contributed by atoms with E-state index >= 15 is 0 Å². The number of hydrogen-bond donors (Lipinski definition) is 3. The fraction of sp³-hybridized carbons (Fsp3) is 0.333. The number of ether oxygens (including phenoxy) is 1. The van der Waals surface area contributed by atoms with Crippen LogP contribution in [0.1, 0.15) is 0 Å². The van der Waals surface area contributed by atoms with Gasteiger partial charge in [0.2, 0.25) is 10.0 Å². The number of anilines is 2. The normalized spacial score (nSPS) is 11.4. The molecule has 0 aliphatic rings. The van der Waals surface area contributed by atoms with Crippen LogP contribution in [-0.4, -0.2) is 28.7 Å². The van der Waals surface area contributed by atoms with Gasteiger partial charge in [0.1, 0.15) is 4.90 Å². The van der Waals surface area contributed by atoms with Crippen molar-refractivity contribution < 1.29 is 13.2 Å². The van der Waals surface area contributed by atoms with Gasteiger partial charge in [-0.1, -0.05) is 0 Å². The van der Waals surface area contributed by atoms with Crippen LogP contribution < -0.4 is 16.2 Å². The topological polar surface area (TPSA) is 107 Å². The largest absolute Gasteiger partial charge is 0.398 e. The quantitative estimate of drug-likeness (QED) is 0.499. The van der Waals surface area contributed by atoms with Gasteiger partial charge >= 0.3 is 0 Å². The van der Waals surface area contributed by atoms with E-state index in [-0.39, 0.29) is 10.6 Å². The Morgan fingerprint density at radius 3 is 2.62 bits per heavy atom. The second kappa shape index (κ2) is 5.15. The van der Waals surface area contributed by atoms with Crippen LogP contribution in [0.25, 0.3) is 0 Å². The average Bonchev–Trinajstić information content (AvgIpc) is 2.16. The maximum atomic E-state index is 11.1. The minimum atomic E-state index is -3.75. The first kappa shape index (κ1) is 12.8. The van der Waals surface area contributed by atoms with Crippen LogP contribution in [0.3, 0.4) is 0 Å². The molecule has 0 radical (unpaired) electrons. The molecule has 0 aliphatic carbocycles. The summed E-state index contributed by atoms with van der Waals surface area (Å²) in [6.07, 6.45) is 0. The lowest BCUT2D eigenvalue weighted by molar-refractivity contribution is 0.211. The lowest BCUT2D eigenvalue weighted by atomic mass is 10.3. The molecule has 0 heterocycles. The summed E-state index contributed by atoms with van der Waals surface area (Å²) in [5.41, 5.74) is 6.43. The highest BCUT2D eigenvalue weighted by molar-refractivity contribution is 7.89. The van der Waals surface area contributed by atoms with Gasteiger partial charge in [-0.3, -0.25) is 0 Å². The van der Waals surface area contributed by atoms with Crippen molar-refractivity contribution in [1.82, 2.24) is 0 Å². The summed E-state index contributed by atoms with van der Waals surface area (Å²) >= 11 is 0. The number of methoxy groups -OCH3 is 1. The first-order valence-corrected chi connectivity index (χ1v) is 6.15. The Kier molecular flexibility index (Phi) is 4.11. The Balaban J connectivity index is 2.83. The Morgan fingerprint density at radius 2 is 2.12 bits per heavy atom. The van der Waals surface area contributed by atoms with E-state index in [0.29, 0.717) is 13.2 Å². The van der Waals surface area contributed by atoms with Gasteiger partial charge in [0.15, 0.2) is 0 Å². The van der Waals surface area contributed by atoms with Gasteiger partial charge in [0.05, 0.1) is 12.3 Å². The molecule has 6 nitrogen and oxygen atoms in total. The van der Waals surface area contributed by atoms with Gasteiger partial charge in [-0.05, 0) is 18.2 Å². The maximum absolute atomic E-state index is 11.1. The molecule has 1 aromatic carbocycles. The summed E-state index contributed by atoms with van der Waals surface area (Å²) in [6, 6.07) is 4.50. The Hall–Kier alpha value is -1.31. The van der Waals surface area contributed by atoms with E-state index in [2.05, 4.69) is 5.32 Å². The molecule has 0 bridgehead atoms. The van der Waals surface area contributed by atoms with Crippen LogP contribution in [0.2, 0.25) is 0 Å². The standard InChI is InChI=1S/C9H15N3O3S/c1-15-5-4-12-7-2-3-9(8(10)6-7)16(11,13)14/h2-3,6,12H,4-5,10H2,1H3,(H2,11,13,14). The van der Waals surface area contributed by atoms with Crippen molar-refractivity contribution in [2.45, 2.75) is 4.90 Å². The molecule has 0 aliphatic heterocycles. The van der Waals surface area contributed by atoms with Gasteiger partial charge in [0.25, 0.3) is 0 Å². The van der Waals surface area contributed by atoms with E-state index in [1.54, 1.807) is 13.2 Å². The van der Waals surface area contributed by atoms with Gasteiger partial charge in [0, 0.05) is 19.3 Å². The van der Waals surface area contributed by atoms with Crippen molar-refractivity contribution in [3.8, 4) is 0 Å². The molecule has 0 fully saturated rings. The van der Waals surface area contributed by atoms with Crippen molar-refractivity contribution in [2.75, 3.05) is 31.3 Å². The maximum Gasteiger partial charge on any atom is 0.240 e. The van der Waals surface area contributed by atoms with Crippen molar-refractivity contribution in [3.05, 3.63) is 18.2 Å². The molecule has 90 valence electrons. The van der Waals surface area contributed by atoms with Gasteiger partial charge in [-0.2, -0.15) is 0 Å². The van der Waals surface area contributed by atoms with E-state index in [0.717, 1.165) is 5.69 Å². The molecule has 0 saturated carbocycles. The van der Waals surface area contributed by atoms with E-state index in [1.807, 2.05) is 0 Å². The van der Waals surface area contributed by atoms with Crippen molar-refractivity contribution >= 4 is 21.4 Å². The van der Waals surface area contributed by atoms with Gasteiger partial charge in [-0.15, -0.1) is 0 Å². The van der Waals surface area contributed by atoms with Crippen molar-refractivity contribution in [3.63, 3.8) is 0 Å². The highest BCUT2D eigenvalue weighted by atomic mass is 32.2. The average molecular weight is 245 g/mol. The zero-order valence-corrected chi connectivity index (χ0v) is 9.75. The Morgan fingerprint density at radius 1 is 1.44 bits per heavy atom. The summed E-state index contributed by atoms with van der Waals surface area (Å²) in [6.45, 7) is 1.17. The fourth-order valence-electron chi connectivity index (χ4n) is 1.21.